The Morgan fingerprint density at radius 3 is 0.792 bits per heavy atom. The molecule has 0 radical (unpaired) electrons. The Hall–Kier alpha value is -1.73. The largest absolute Gasteiger partial charge is 0.867 e. The van der Waals surface area contributed by atoms with Gasteiger partial charge in [-0.3, -0.25) is 0 Å². The lowest BCUT2D eigenvalue weighted by atomic mass is 10.3. The average molecular weight is 340 g/mol. The van der Waals surface area contributed by atoms with Crippen molar-refractivity contribution in [1.29, 1.82) is 0 Å². The van der Waals surface area contributed by atoms with E-state index in [0.29, 0.717) is 0 Å². The van der Waals surface area contributed by atoms with Crippen LogP contribution in [0.1, 0.15) is 0 Å². The van der Waals surface area contributed by atoms with Gasteiger partial charge < -0.3 is 23.1 Å². The minimum atomic E-state index is -3.17. The molecule has 24 heavy (non-hydrogen) atoms. The highest BCUT2D eigenvalue weighted by molar-refractivity contribution is 6.27. The Labute approximate surface area is 146 Å². The molecule has 0 amide bonds. The second-order valence-corrected chi connectivity index (χ2v) is 4.23. The van der Waals surface area contributed by atoms with Gasteiger partial charge in [0.2, 0.25) is 0 Å². The third-order valence-corrected chi connectivity index (χ3v) is 2.12. The molecule has 0 fully saturated rings. The van der Waals surface area contributed by atoms with Crippen molar-refractivity contribution in [2.45, 2.75) is 0 Å². The highest BCUT2D eigenvalue weighted by atomic mass is 19.1. The summed E-state index contributed by atoms with van der Waals surface area (Å²) in [7, 11) is -3.17. The standard InChI is InChI=1S/2C9H15O.BFO2/c2*1-4-7-10(8-5-2)9-6-3;2-1(3)4/h2*4-6H,1-3,7-9H2;/q2*+1;-2. The zero-order valence-corrected chi connectivity index (χ0v) is 14.5. The van der Waals surface area contributed by atoms with Gasteiger partial charge in [0.15, 0.2) is 39.6 Å². The molecule has 0 bridgehead atoms. The first-order valence-electron chi connectivity index (χ1n) is 7.32. The van der Waals surface area contributed by atoms with E-state index < -0.39 is 7.40 Å². The molecule has 0 atom stereocenters. The molecule has 0 aromatic carbocycles. The average Bonchev–Trinajstić information content (AvgIpc) is 2.49. The van der Waals surface area contributed by atoms with E-state index in [0.717, 1.165) is 39.6 Å². The van der Waals surface area contributed by atoms with Gasteiger partial charge >= 0.3 is 0 Å². The van der Waals surface area contributed by atoms with E-state index in [1.54, 1.807) is 0 Å². The van der Waals surface area contributed by atoms with E-state index in [4.69, 9.17) is 10.0 Å². The lowest BCUT2D eigenvalue weighted by Crippen LogP contribution is -2.39. The van der Waals surface area contributed by atoms with Gasteiger partial charge in [-0.1, -0.05) is 39.5 Å². The lowest BCUT2D eigenvalue weighted by Gasteiger charge is -2.12. The molecule has 0 aliphatic heterocycles. The maximum absolute atomic E-state index is 9.89. The van der Waals surface area contributed by atoms with E-state index in [1.165, 1.54) is 0 Å². The van der Waals surface area contributed by atoms with Crippen molar-refractivity contribution >= 4 is 7.40 Å². The fraction of sp³-hybridized carbons (Fsp3) is 0.333. The Bertz CT molecular complexity index is 266. The summed E-state index contributed by atoms with van der Waals surface area (Å²) in [4.78, 5) is 0. The predicted octanol–water partition coefficient (Wildman–Crippen LogP) is 1.85. The monoisotopic (exact) mass is 340 g/mol. The fourth-order valence-electron chi connectivity index (χ4n) is 1.41. The molecule has 0 spiro atoms. The minimum absolute atomic E-state index is 0.817. The molecule has 4 nitrogen and oxygen atoms in total. The molecule has 0 unspecified atom stereocenters. The topological polar surface area (TPSA) is 51.5 Å². The maximum Gasteiger partial charge on any atom is 0.165 e. The molecule has 0 aliphatic rings. The van der Waals surface area contributed by atoms with E-state index >= 15 is 0 Å². The Kier molecular flexibility index (Phi) is 26.6. The molecule has 0 heterocycles. The molecular formula is C18H30BFO4. The normalized spacial score (nSPS) is 8.88. The Morgan fingerprint density at radius 2 is 0.708 bits per heavy atom. The summed E-state index contributed by atoms with van der Waals surface area (Å²) >= 11 is 0. The van der Waals surface area contributed by atoms with Gasteiger partial charge in [-0.05, 0) is 36.5 Å². The summed E-state index contributed by atoms with van der Waals surface area (Å²) in [5, 5.41) is 16.6. The number of rotatable bonds is 12. The Balaban J connectivity index is -0.000000301. The molecule has 0 rings (SSSR count). The van der Waals surface area contributed by atoms with Gasteiger partial charge in [0.1, 0.15) is 7.40 Å². The van der Waals surface area contributed by atoms with Crippen LogP contribution in [0.2, 0.25) is 0 Å². The molecule has 0 saturated carbocycles. The lowest BCUT2D eigenvalue weighted by molar-refractivity contribution is -0.366. The van der Waals surface area contributed by atoms with Gasteiger partial charge in [0, 0.05) is 0 Å². The summed E-state index contributed by atoms with van der Waals surface area (Å²) < 4.78 is 15.8. The van der Waals surface area contributed by atoms with Crippen molar-refractivity contribution in [2.75, 3.05) is 39.6 Å². The molecule has 0 saturated heterocycles. The van der Waals surface area contributed by atoms with E-state index in [9.17, 15) is 4.32 Å². The molecule has 136 valence electrons. The van der Waals surface area contributed by atoms with Crippen LogP contribution in [0.25, 0.3) is 0 Å². The fourth-order valence-corrected chi connectivity index (χ4v) is 1.41. The number of hydrogen-bond donors (Lipinski definition) is 0. The van der Waals surface area contributed by atoms with Crippen LogP contribution < -0.4 is 10.0 Å². The first-order valence-corrected chi connectivity index (χ1v) is 7.32. The van der Waals surface area contributed by atoms with Crippen LogP contribution in [0.15, 0.2) is 75.9 Å². The van der Waals surface area contributed by atoms with Gasteiger partial charge in [0.25, 0.3) is 0 Å². The first kappa shape index (κ1) is 27.1. The number of halogens is 1. The van der Waals surface area contributed by atoms with E-state index in [2.05, 4.69) is 48.2 Å². The maximum atomic E-state index is 9.89. The summed E-state index contributed by atoms with van der Waals surface area (Å²) in [6, 6.07) is 0. The minimum Gasteiger partial charge on any atom is -0.867 e. The van der Waals surface area contributed by atoms with Crippen molar-refractivity contribution in [2.24, 2.45) is 0 Å². The molecule has 6 heteroatoms. The van der Waals surface area contributed by atoms with E-state index in [1.807, 2.05) is 36.5 Å². The summed E-state index contributed by atoms with van der Waals surface area (Å²) in [5.41, 5.74) is 0. The van der Waals surface area contributed by atoms with Crippen LogP contribution in [-0.2, 0) is 8.73 Å². The highest BCUT2D eigenvalue weighted by Crippen LogP contribution is 1.96. The van der Waals surface area contributed by atoms with Crippen molar-refractivity contribution in [3.8, 4) is 0 Å². The zero-order valence-electron chi connectivity index (χ0n) is 14.5. The molecular weight excluding hydrogens is 310 g/mol. The zero-order chi connectivity index (χ0) is 19.2. The van der Waals surface area contributed by atoms with Crippen LogP contribution in [0.5, 0.6) is 0 Å². The quantitative estimate of drug-likeness (QED) is 0.309. The van der Waals surface area contributed by atoms with E-state index in [-0.39, 0.29) is 0 Å². The molecule has 0 aromatic rings. The highest BCUT2D eigenvalue weighted by Gasteiger charge is 2.00. The number of hydrogen-bond acceptors (Lipinski definition) is 2. The second-order valence-electron chi connectivity index (χ2n) is 4.23. The first-order chi connectivity index (χ1) is 11.4. The third kappa shape index (κ3) is 28.4. The predicted molar refractivity (Wildman–Crippen MR) is 99.4 cm³/mol. The van der Waals surface area contributed by atoms with Crippen molar-refractivity contribution in [1.82, 2.24) is 0 Å². The van der Waals surface area contributed by atoms with Crippen molar-refractivity contribution < 1.29 is 23.1 Å². The van der Waals surface area contributed by atoms with Crippen molar-refractivity contribution in [3.63, 3.8) is 0 Å². The third-order valence-electron chi connectivity index (χ3n) is 2.12. The van der Waals surface area contributed by atoms with Crippen LogP contribution in [0.4, 0.5) is 4.32 Å². The van der Waals surface area contributed by atoms with Crippen LogP contribution in [-0.4, -0.2) is 47.0 Å². The molecule has 0 aromatic heterocycles. The summed E-state index contributed by atoms with van der Waals surface area (Å²) in [6.45, 7) is 26.7. The SMILES string of the molecule is C=CC[O+](CC=C)CC=C.C=CC[O+](CC=C)CC=C.[O-]B([O-])F. The molecule has 0 N–H and O–H groups in total. The Morgan fingerprint density at radius 1 is 0.583 bits per heavy atom. The van der Waals surface area contributed by atoms with Crippen LogP contribution >= 0.6 is 0 Å². The van der Waals surface area contributed by atoms with Gasteiger partial charge in [-0.25, -0.2) is 0 Å². The van der Waals surface area contributed by atoms with Crippen molar-refractivity contribution in [3.05, 3.63) is 75.9 Å². The second kappa shape index (κ2) is 23.5. The molecule has 0 aliphatic carbocycles. The summed E-state index contributed by atoms with van der Waals surface area (Å²) in [6.07, 6.45) is 11.1. The van der Waals surface area contributed by atoms with Crippen LogP contribution in [0.3, 0.4) is 0 Å². The summed E-state index contributed by atoms with van der Waals surface area (Å²) in [5.74, 6) is 0. The van der Waals surface area contributed by atoms with Crippen LogP contribution in [0, 0.1) is 0 Å². The van der Waals surface area contributed by atoms with Gasteiger partial charge in [-0.2, -0.15) is 0 Å². The van der Waals surface area contributed by atoms with Gasteiger partial charge in [0.05, 0.1) is 0 Å². The van der Waals surface area contributed by atoms with Gasteiger partial charge in [-0.15, -0.1) is 0 Å². The smallest absolute Gasteiger partial charge is 0.165 e.